The van der Waals surface area contributed by atoms with Gasteiger partial charge in [0.1, 0.15) is 12.4 Å². The average Bonchev–Trinajstić information content (AvgIpc) is 2.41. The van der Waals surface area contributed by atoms with E-state index in [9.17, 15) is 4.79 Å². The Kier molecular flexibility index (Phi) is 6.15. The van der Waals surface area contributed by atoms with E-state index in [1.54, 1.807) is 18.2 Å². The summed E-state index contributed by atoms with van der Waals surface area (Å²) in [4.78, 5) is 13.0. The van der Waals surface area contributed by atoms with Crippen LogP contribution in [0.3, 0.4) is 0 Å². The van der Waals surface area contributed by atoms with Crippen LogP contribution in [0.1, 0.15) is 19.3 Å². The van der Waals surface area contributed by atoms with Gasteiger partial charge in [-0.05, 0) is 43.5 Å². The lowest BCUT2D eigenvalue weighted by atomic mass is 9.95. The summed E-state index contributed by atoms with van der Waals surface area (Å²) < 4.78 is 5.66. The third-order valence-electron chi connectivity index (χ3n) is 3.63. The quantitative estimate of drug-likeness (QED) is 0.865. The number of ether oxygens (including phenoxy) is 1. The second-order valence-electron chi connectivity index (χ2n) is 5.33. The Morgan fingerprint density at radius 1 is 1.43 bits per heavy atom. The predicted octanol–water partition coefficient (Wildman–Crippen LogP) is 3.56. The number of aliphatic carboxylic acids is 1. The summed E-state index contributed by atoms with van der Waals surface area (Å²) in [5, 5.41) is 9.95. The van der Waals surface area contributed by atoms with Crippen LogP contribution in [0.2, 0.25) is 10.0 Å². The highest BCUT2D eigenvalue weighted by molar-refractivity contribution is 6.35. The molecule has 1 unspecified atom stereocenters. The molecule has 1 N–H and O–H groups in total. The summed E-state index contributed by atoms with van der Waals surface area (Å²) in [6, 6.07) is 5.16. The fourth-order valence-corrected chi connectivity index (χ4v) is 3.11. The number of benzene rings is 1. The molecule has 1 atom stereocenters. The van der Waals surface area contributed by atoms with E-state index in [1.807, 2.05) is 0 Å². The Bertz CT molecular complexity index is 496. The van der Waals surface area contributed by atoms with E-state index in [0.29, 0.717) is 22.4 Å². The lowest BCUT2D eigenvalue weighted by molar-refractivity contribution is -0.138. The number of hydrogen-bond donors (Lipinski definition) is 1. The second-order valence-corrected chi connectivity index (χ2v) is 6.17. The van der Waals surface area contributed by atoms with Gasteiger partial charge in [-0.25, -0.2) is 0 Å². The first kappa shape index (κ1) is 16.4. The lowest BCUT2D eigenvalue weighted by Crippen LogP contribution is -2.38. The minimum Gasteiger partial charge on any atom is -0.491 e. The molecule has 116 valence electrons. The Labute approximate surface area is 134 Å². The molecule has 1 aliphatic rings. The normalized spacial score (nSPS) is 19.4. The summed E-state index contributed by atoms with van der Waals surface area (Å²) in [6.07, 6.45) is 2.28. The summed E-state index contributed by atoms with van der Waals surface area (Å²) >= 11 is 11.9. The highest BCUT2D eigenvalue weighted by atomic mass is 35.5. The average molecular weight is 332 g/mol. The Morgan fingerprint density at radius 3 is 2.95 bits per heavy atom. The van der Waals surface area contributed by atoms with Crippen molar-refractivity contribution in [2.75, 3.05) is 26.2 Å². The largest absolute Gasteiger partial charge is 0.491 e. The van der Waals surface area contributed by atoms with Gasteiger partial charge in [-0.3, -0.25) is 9.69 Å². The standard InChI is InChI=1S/C15H19Cl2NO3/c16-12-3-4-14(13(17)9-12)21-7-6-18-5-1-2-11(10-18)8-15(19)20/h3-4,9,11H,1-2,5-8,10H2,(H,19,20). The number of carboxylic acid groups (broad SMARTS) is 1. The van der Waals surface area contributed by atoms with Crippen molar-refractivity contribution in [3.05, 3.63) is 28.2 Å². The molecule has 1 saturated heterocycles. The van der Waals surface area contributed by atoms with Gasteiger partial charge in [-0.1, -0.05) is 23.2 Å². The molecule has 1 heterocycles. The molecule has 0 aromatic heterocycles. The van der Waals surface area contributed by atoms with Crippen LogP contribution in [-0.4, -0.2) is 42.2 Å². The van der Waals surface area contributed by atoms with Gasteiger partial charge < -0.3 is 9.84 Å². The molecule has 0 radical (unpaired) electrons. The van der Waals surface area contributed by atoms with E-state index >= 15 is 0 Å². The van der Waals surface area contributed by atoms with Gasteiger partial charge >= 0.3 is 5.97 Å². The van der Waals surface area contributed by atoms with Crippen LogP contribution in [0.5, 0.6) is 5.75 Å². The highest BCUT2D eigenvalue weighted by Crippen LogP contribution is 2.27. The van der Waals surface area contributed by atoms with Crippen molar-refractivity contribution in [2.24, 2.45) is 5.92 Å². The molecular weight excluding hydrogens is 313 g/mol. The maximum absolute atomic E-state index is 10.8. The molecule has 1 aliphatic heterocycles. The number of carbonyl (C=O) groups is 1. The number of piperidine rings is 1. The monoisotopic (exact) mass is 331 g/mol. The molecule has 0 saturated carbocycles. The van der Waals surface area contributed by atoms with Crippen LogP contribution in [0.15, 0.2) is 18.2 Å². The summed E-state index contributed by atoms with van der Waals surface area (Å²) in [5.74, 6) is 0.154. The Hall–Kier alpha value is -0.970. The maximum atomic E-state index is 10.8. The van der Waals surface area contributed by atoms with Gasteiger partial charge in [0.2, 0.25) is 0 Å². The van der Waals surface area contributed by atoms with Gasteiger partial charge in [0, 0.05) is 24.5 Å². The number of nitrogens with zero attached hydrogens (tertiary/aromatic N) is 1. The van der Waals surface area contributed by atoms with Crippen molar-refractivity contribution in [3.8, 4) is 5.75 Å². The third kappa shape index (κ3) is 5.38. The molecule has 0 amide bonds. The zero-order valence-corrected chi connectivity index (χ0v) is 13.2. The van der Waals surface area contributed by atoms with Gasteiger partial charge in [0.25, 0.3) is 0 Å². The van der Waals surface area contributed by atoms with Crippen LogP contribution in [0.25, 0.3) is 0 Å². The molecule has 0 spiro atoms. The molecular formula is C15H19Cl2NO3. The summed E-state index contributed by atoms with van der Waals surface area (Å²) in [7, 11) is 0. The number of rotatable bonds is 6. The zero-order chi connectivity index (χ0) is 15.2. The van der Waals surface area contributed by atoms with Gasteiger partial charge in [0.05, 0.1) is 5.02 Å². The summed E-state index contributed by atoms with van der Waals surface area (Å²) in [6.45, 7) is 3.12. The first-order chi connectivity index (χ1) is 10.0. The van der Waals surface area contributed by atoms with E-state index in [0.717, 1.165) is 32.5 Å². The minimum atomic E-state index is -0.717. The molecule has 2 rings (SSSR count). The van der Waals surface area contributed by atoms with Crippen LogP contribution in [-0.2, 0) is 4.79 Å². The molecule has 1 aromatic rings. The van der Waals surface area contributed by atoms with Crippen LogP contribution >= 0.6 is 23.2 Å². The van der Waals surface area contributed by atoms with Crippen molar-refractivity contribution in [1.82, 2.24) is 4.90 Å². The van der Waals surface area contributed by atoms with E-state index in [-0.39, 0.29) is 12.3 Å². The number of hydrogen-bond acceptors (Lipinski definition) is 3. The smallest absolute Gasteiger partial charge is 0.303 e. The second kappa shape index (κ2) is 7.87. The van der Waals surface area contributed by atoms with Gasteiger partial charge in [-0.15, -0.1) is 0 Å². The Morgan fingerprint density at radius 2 is 2.24 bits per heavy atom. The Balaban J connectivity index is 1.76. The first-order valence-electron chi connectivity index (χ1n) is 7.06. The highest BCUT2D eigenvalue weighted by Gasteiger charge is 2.21. The zero-order valence-electron chi connectivity index (χ0n) is 11.7. The first-order valence-corrected chi connectivity index (χ1v) is 7.82. The number of carboxylic acids is 1. The third-order valence-corrected chi connectivity index (χ3v) is 4.16. The predicted molar refractivity (Wildman–Crippen MR) is 83.4 cm³/mol. The minimum absolute atomic E-state index is 0.246. The molecule has 0 aliphatic carbocycles. The van der Waals surface area contributed by atoms with E-state index in [4.69, 9.17) is 33.0 Å². The van der Waals surface area contributed by atoms with Crippen LogP contribution in [0.4, 0.5) is 0 Å². The number of likely N-dealkylation sites (tertiary alicyclic amines) is 1. The maximum Gasteiger partial charge on any atom is 0.303 e. The van der Waals surface area contributed by atoms with Crippen molar-refractivity contribution in [3.63, 3.8) is 0 Å². The summed E-state index contributed by atoms with van der Waals surface area (Å²) in [5.41, 5.74) is 0. The van der Waals surface area contributed by atoms with E-state index < -0.39 is 5.97 Å². The fraction of sp³-hybridized carbons (Fsp3) is 0.533. The van der Waals surface area contributed by atoms with E-state index in [1.165, 1.54) is 0 Å². The molecule has 0 bridgehead atoms. The SMILES string of the molecule is O=C(O)CC1CCCN(CCOc2ccc(Cl)cc2Cl)C1. The molecule has 4 nitrogen and oxygen atoms in total. The van der Waals surface area contributed by atoms with Crippen molar-refractivity contribution in [2.45, 2.75) is 19.3 Å². The van der Waals surface area contributed by atoms with Crippen LogP contribution < -0.4 is 4.74 Å². The lowest BCUT2D eigenvalue weighted by Gasteiger charge is -2.31. The molecule has 21 heavy (non-hydrogen) atoms. The van der Waals surface area contributed by atoms with Gasteiger partial charge in [-0.2, -0.15) is 0 Å². The molecule has 1 fully saturated rings. The van der Waals surface area contributed by atoms with Crippen molar-refractivity contribution in [1.29, 1.82) is 0 Å². The van der Waals surface area contributed by atoms with E-state index in [2.05, 4.69) is 4.90 Å². The number of halogens is 2. The topological polar surface area (TPSA) is 49.8 Å². The fourth-order valence-electron chi connectivity index (χ4n) is 2.64. The van der Waals surface area contributed by atoms with Gasteiger partial charge in [0.15, 0.2) is 0 Å². The van der Waals surface area contributed by atoms with Crippen molar-refractivity contribution < 1.29 is 14.6 Å². The van der Waals surface area contributed by atoms with Crippen LogP contribution in [0, 0.1) is 5.92 Å². The van der Waals surface area contributed by atoms with Crippen molar-refractivity contribution >= 4 is 29.2 Å². The molecule has 6 heteroatoms. The molecule has 1 aromatic carbocycles.